The first-order chi connectivity index (χ1) is 10.3. The molecule has 1 rings (SSSR count). The summed E-state index contributed by atoms with van der Waals surface area (Å²) in [5, 5.41) is 11.2. The van der Waals surface area contributed by atoms with Gasteiger partial charge in [-0.2, -0.15) is 4.72 Å². The number of amides is 1. The van der Waals surface area contributed by atoms with Crippen LogP contribution in [0.15, 0.2) is 23.1 Å². The third kappa shape index (κ3) is 4.97. The first-order valence-electron chi connectivity index (χ1n) is 6.87. The Morgan fingerprint density at radius 2 is 2.09 bits per heavy atom. The lowest BCUT2D eigenvalue weighted by atomic mass is 10.2. The van der Waals surface area contributed by atoms with Gasteiger partial charge >= 0.3 is 0 Å². The summed E-state index contributed by atoms with van der Waals surface area (Å²) in [6, 6.07) is 3.56. The van der Waals surface area contributed by atoms with Gasteiger partial charge in [0.1, 0.15) is 5.75 Å². The zero-order chi connectivity index (χ0) is 16.8. The second kappa shape index (κ2) is 8.11. The fraction of sp³-hybridized carbons (Fsp3) is 0.500. The number of aliphatic hydroxyl groups excluding tert-OH is 1. The van der Waals surface area contributed by atoms with Gasteiger partial charge < -0.3 is 15.2 Å². The van der Waals surface area contributed by atoms with Crippen LogP contribution >= 0.6 is 0 Å². The fourth-order valence-electron chi connectivity index (χ4n) is 1.82. The molecule has 0 radical (unpaired) electrons. The van der Waals surface area contributed by atoms with Gasteiger partial charge in [-0.1, -0.05) is 0 Å². The first-order valence-corrected chi connectivity index (χ1v) is 8.35. The second-order valence-electron chi connectivity index (χ2n) is 4.84. The van der Waals surface area contributed by atoms with E-state index in [1.165, 1.54) is 26.2 Å². The summed E-state index contributed by atoms with van der Waals surface area (Å²) in [7, 11) is -2.29. The number of methoxy groups -OCH3 is 1. The van der Waals surface area contributed by atoms with Crippen molar-refractivity contribution >= 4 is 15.9 Å². The van der Waals surface area contributed by atoms with Crippen molar-refractivity contribution in [2.45, 2.75) is 31.2 Å². The lowest BCUT2D eigenvalue weighted by molar-refractivity contribution is -0.122. The van der Waals surface area contributed by atoms with Crippen LogP contribution in [0.2, 0.25) is 0 Å². The molecule has 0 aliphatic rings. The van der Waals surface area contributed by atoms with Crippen LogP contribution in [0.25, 0.3) is 0 Å². The molecule has 1 atom stereocenters. The zero-order valence-corrected chi connectivity index (χ0v) is 13.7. The van der Waals surface area contributed by atoms with Crippen LogP contribution in [0.3, 0.4) is 0 Å². The Labute approximate surface area is 130 Å². The lowest BCUT2D eigenvalue weighted by Crippen LogP contribution is -2.45. The summed E-state index contributed by atoms with van der Waals surface area (Å²) >= 11 is 0. The maximum atomic E-state index is 12.3. The van der Waals surface area contributed by atoms with Crippen molar-refractivity contribution in [3.63, 3.8) is 0 Å². The number of aryl methyl sites for hydroxylation is 1. The SMILES string of the molecule is COc1ccc(S(=O)(=O)N[C@@H](C)C(=O)NCCCO)cc1C. The summed E-state index contributed by atoms with van der Waals surface area (Å²) in [4.78, 5) is 11.8. The number of rotatable bonds is 8. The number of aliphatic hydroxyl groups is 1. The van der Waals surface area contributed by atoms with E-state index in [1.54, 1.807) is 13.0 Å². The molecule has 0 aromatic heterocycles. The molecule has 3 N–H and O–H groups in total. The highest BCUT2D eigenvalue weighted by molar-refractivity contribution is 7.89. The number of benzene rings is 1. The molecule has 0 fully saturated rings. The molecular formula is C14H22N2O5S. The molecule has 0 saturated carbocycles. The van der Waals surface area contributed by atoms with Gasteiger partial charge in [0, 0.05) is 13.2 Å². The predicted molar refractivity (Wildman–Crippen MR) is 82.2 cm³/mol. The Bertz CT molecular complexity index is 616. The van der Waals surface area contributed by atoms with Gasteiger partial charge in [-0.25, -0.2) is 8.42 Å². The van der Waals surface area contributed by atoms with E-state index in [0.29, 0.717) is 24.3 Å². The Morgan fingerprint density at radius 3 is 2.64 bits per heavy atom. The van der Waals surface area contributed by atoms with Gasteiger partial charge in [0.2, 0.25) is 15.9 Å². The van der Waals surface area contributed by atoms with Crippen LogP contribution in [0, 0.1) is 6.92 Å². The van der Waals surface area contributed by atoms with Crippen molar-refractivity contribution in [1.29, 1.82) is 0 Å². The quantitative estimate of drug-likeness (QED) is 0.589. The topological polar surface area (TPSA) is 105 Å². The van der Waals surface area contributed by atoms with Crippen LogP contribution in [0.1, 0.15) is 18.9 Å². The molecular weight excluding hydrogens is 308 g/mol. The number of hydrogen-bond acceptors (Lipinski definition) is 5. The van der Waals surface area contributed by atoms with E-state index >= 15 is 0 Å². The van der Waals surface area contributed by atoms with Gasteiger partial charge in [0.15, 0.2) is 0 Å². The standard InChI is InChI=1S/C14H22N2O5S/c1-10-9-12(5-6-13(10)21-3)22(19,20)16-11(2)14(18)15-7-4-8-17/h5-6,9,11,16-17H,4,7-8H2,1-3H3,(H,15,18)/t11-/m0/s1. The van der Waals surface area contributed by atoms with E-state index in [-0.39, 0.29) is 11.5 Å². The number of carbonyl (C=O) groups excluding carboxylic acids is 1. The summed E-state index contributed by atoms with van der Waals surface area (Å²) in [5.74, 6) is 0.149. The highest BCUT2D eigenvalue weighted by Gasteiger charge is 2.22. The Balaban J connectivity index is 2.78. The molecule has 0 unspecified atom stereocenters. The van der Waals surface area contributed by atoms with Crippen molar-refractivity contribution in [2.24, 2.45) is 0 Å². The van der Waals surface area contributed by atoms with Crippen molar-refractivity contribution in [3.05, 3.63) is 23.8 Å². The van der Waals surface area contributed by atoms with Gasteiger partial charge in [0.25, 0.3) is 0 Å². The lowest BCUT2D eigenvalue weighted by Gasteiger charge is -2.15. The molecule has 8 heteroatoms. The molecule has 0 bridgehead atoms. The van der Waals surface area contributed by atoms with Crippen LogP contribution in [-0.4, -0.2) is 45.7 Å². The van der Waals surface area contributed by atoms with E-state index < -0.39 is 22.0 Å². The highest BCUT2D eigenvalue weighted by Crippen LogP contribution is 2.21. The molecule has 1 aromatic rings. The fourth-order valence-corrected chi connectivity index (χ4v) is 3.10. The van der Waals surface area contributed by atoms with Crippen LogP contribution in [0.5, 0.6) is 5.75 Å². The number of hydrogen-bond donors (Lipinski definition) is 3. The van der Waals surface area contributed by atoms with Crippen molar-refractivity contribution in [1.82, 2.24) is 10.0 Å². The summed E-state index contributed by atoms with van der Waals surface area (Å²) in [5.41, 5.74) is 0.686. The Hall–Kier alpha value is -1.64. The molecule has 7 nitrogen and oxygen atoms in total. The maximum Gasteiger partial charge on any atom is 0.241 e. The van der Waals surface area contributed by atoms with Gasteiger partial charge in [-0.3, -0.25) is 4.79 Å². The molecule has 0 aliphatic carbocycles. The van der Waals surface area contributed by atoms with Crippen LogP contribution in [0.4, 0.5) is 0 Å². The predicted octanol–water partition coefficient (Wildman–Crippen LogP) is 0.169. The number of sulfonamides is 1. The smallest absolute Gasteiger partial charge is 0.241 e. The molecule has 0 heterocycles. The van der Waals surface area contributed by atoms with Crippen molar-refractivity contribution in [2.75, 3.05) is 20.3 Å². The molecule has 22 heavy (non-hydrogen) atoms. The van der Waals surface area contributed by atoms with Gasteiger partial charge in [0.05, 0.1) is 18.0 Å². The van der Waals surface area contributed by atoms with Gasteiger partial charge in [-0.15, -0.1) is 0 Å². The third-order valence-electron chi connectivity index (χ3n) is 3.04. The van der Waals surface area contributed by atoms with E-state index in [4.69, 9.17) is 9.84 Å². The van der Waals surface area contributed by atoms with Gasteiger partial charge in [-0.05, 0) is 44.0 Å². The Morgan fingerprint density at radius 1 is 1.41 bits per heavy atom. The highest BCUT2D eigenvalue weighted by atomic mass is 32.2. The third-order valence-corrected chi connectivity index (χ3v) is 4.57. The van der Waals surface area contributed by atoms with E-state index in [0.717, 1.165) is 0 Å². The minimum absolute atomic E-state index is 0.0362. The van der Waals surface area contributed by atoms with Crippen LogP contribution < -0.4 is 14.8 Å². The minimum Gasteiger partial charge on any atom is -0.496 e. The average Bonchev–Trinajstić information content (AvgIpc) is 2.46. The van der Waals surface area contributed by atoms with Crippen molar-refractivity contribution in [3.8, 4) is 5.75 Å². The van der Waals surface area contributed by atoms with E-state index in [2.05, 4.69) is 10.0 Å². The molecule has 0 spiro atoms. The molecule has 1 amide bonds. The zero-order valence-electron chi connectivity index (χ0n) is 12.9. The van der Waals surface area contributed by atoms with Crippen LogP contribution in [-0.2, 0) is 14.8 Å². The van der Waals surface area contributed by atoms with E-state index in [1.807, 2.05) is 0 Å². The summed E-state index contributed by atoms with van der Waals surface area (Å²) in [6.45, 7) is 3.46. The van der Waals surface area contributed by atoms with Crippen molar-refractivity contribution < 1.29 is 23.1 Å². The largest absolute Gasteiger partial charge is 0.496 e. The molecule has 1 aromatic carbocycles. The monoisotopic (exact) mass is 330 g/mol. The normalized spacial score (nSPS) is 12.7. The maximum absolute atomic E-state index is 12.3. The summed E-state index contributed by atoms with van der Waals surface area (Å²) < 4.78 is 31.9. The van der Waals surface area contributed by atoms with E-state index in [9.17, 15) is 13.2 Å². The molecule has 0 aliphatic heterocycles. The average molecular weight is 330 g/mol. The molecule has 124 valence electrons. The minimum atomic E-state index is -3.80. The number of nitrogens with one attached hydrogen (secondary N) is 2. The first kappa shape index (κ1) is 18.4. The summed E-state index contributed by atoms with van der Waals surface area (Å²) in [6.07, 6.45) is 0.420. The second-order valence-corrected chi connectivity index (χ2v) is 6.56. The Kier molecular flexibility index (Phi) is 6.79. The number of carbonyl (C=O) groups is 1. The molecule has 0 saturated heterocycles. The number of ether oxygens (including phenoxy) is 1.